The average Bonchev–Trinajstić information content (AvgIpc) is 3.14. The molecule has 7 heteroatoms. The van der Waals surface area contributed by atoms with Gasteiger partial charge in [-0.15, -0.1) is 0 Å². The SMILES string of the molecule is CNC(=O)c1ccc(C2CCCCN2CC(=O)N(C)C2(C#N)CCCCC2)n1C. The molecule has 2 fully saturated rings. The molecule has 0 spiro atoms. The zero-order chi connectivity index (χ0) is 21.0. The van der Waals surface area contributed by atoms with E-state index < -0.39 is 5.54 Å². The Labute approximate surface area is 173 Å². The highest BCUT2D eigenvalue weighted by Crippen LogP contribution is 2.34. The van der Waals surface area contributed by atoms with Crippen LogP contribution in [0.5, 0.6) is 0 Å². The van der Waals surface area contributed by atoms with Crippen LogP contribution in [0.3, 0.4) is 0 Å². The van der Waals surface area contributed by atoms with Crippen LogP contribution in [-0.4, -0.2) is 58.9 Å². The van der Waals surface area contributed by atoms with Crippen molar-refractivity contribution in [3.63, 3.8) is 0 Å². The molecule has 2 aliphatic rings. The number of hydrogen-bond donors (Lipinski definition) is 1. The van der Waals surface area contributed by atoms with Crippen LogP contribution in [0.25, 0.3) is 0 Å². The Morgan fingerprint density at radius 3 is 2.62 bits per heavy atom. The Balaban J connectivity index is 1.77. The van der Waals surface area contributed by atoms with Gasteiger partial charge < -0.3 is 14.8 Å². The first-order valence-corrected chi connectivity index (χ1v) is 10.7. The molecule has 0 radical (unpaired) electrons. The number of nitrogens with zero attached hydrogens (tertiary/aromatic N) is 4. The first kappa shape index (κ1) is 21.4. The van der Waals surface area contributed by atoms with E-state index in [2.05, 4.69) is 16.3 Å². The van der Waals surface area contributed by atoms with Crippen LogP contribution < -0.4 is 5.32 Å². The number of nitriles is 1. The number of hydrogen-bond acceptors (Lipinski definition) is 4. The Bertz CT molecular complexity index is 788. The molecule has 1 atom stereocenters. The molecular weight excluding hydrogens is 366 g/mol. The summed E-state index contributed by atoms with van der Waals surface area (Å²) in [6.07, 6.45) is 7.81. The highest BCUT2D eigenvalue weighted by atomic mass is 16.2. The van der Waals surface area contributed by atoms with Crippen LogP contribution in [0, 0.1) is 11.3 Å². The minimum Gasteiger partial charge on any atom is -0.354 e. The van der Waals surface area contributed by atoms with Crippen LogP contribution in [0.1, 0.15) is 73.6 Å². The summed E-state index contributed by atoms with van der Waals surface area (Å²) >= 11 is 0. The molecule has 1 saturated heterocycles. The number of nitrogens with one attached hydrogen (secondary N) is 1. The second-order valence-corrected chi connectivity index (χ2v) is 8.42. The number of piperidine rings is 1. The Kier molecular flexibility index (Phi) is 6.63. The van der Waals surface area contributed by atoms with Crippen LogP contribution in [0.4, 0.5) is 0 Å². The average molecular weight is 400 g/mol. The first-order chi connectivity index (χ1) is 13.9. The van der Waals surface area contributed by atoms with Gasteiger partial charge in [0, 0.05) is 26.8 Å². The molecule has 1 aromatic heterocycles. The van der Waals surface area contributed by atoms with Crippen molar-refractivity contribution in [2.75, 3.05) is 27.2 Å². The summed E-state index contributed by atoms with van der Waals surface area (Å²) in [6.45, 7) is 1.16. The molecule has 1 aliphatic carbocycles. The van der Waals surface area contributed by atoms with Gasteiger partial charge in [-0.25, -0.2) is 0 Å². The van der Waals surface area contributed by atoms with E-state index in [0.29, 0.717) is 12.2 Å². The number of amides is 2. The van der Waals surface area contributed by atoms with Crippen molar-refractivity contribution in [1.82, 2.24) is 19.7 Å². The van der Waals surface area contributed by atoms with E-state index in [9.17, 15) is 14.9 Å². The topological polar surface area (TPSA) is 81.4 Å². The van der Waals surface area contributed by atoms with E-state index in [0.717, 1.165) is 63.6 Å². The molecule has 158 valence electrons. The lowest BCUT2D eigenvalue weighted by Gasteiger charge is -2.41. The van der Waals surface area contributed by atoms with Gasteiger partial charge in [0.25, 0.3) is 5.91 Å². The molecule has 29 heavy (non-hydrogen) atoms. The van der Waals surface area contributed by atoms with Gasteiger partial charge in [0.15, 0.2) is 0 Å². The van der Waals surface area contributed by atoms with Gasteiger partial charge in [0.1, 0.15) is 11.2 Å². The summed E-state index contributed by atoms with van der Waals surface area (Å²) in [5.41, 5.74) is 1.03. The van der Waals surface area contributed by atoms with Gasteiger partial charge in [0.05, 0.1) is 18.7 Å². The lowest BCUT2D eigenvalue weighted by Crippen LogP contribution is -2.53. The third-order valence-corrected chi connectivity index (χ3v) is 6.82. The normalized spacial score (nSPS) is 21.9. The van der Waals surface area contributed by atoms with E-state index in [4.69, 9.17) is 0 Å². The fourth-order valence-electron chi connectivity index (χ4n) is 4.91. The molecule has 1 unspecified atom stereocenters. The zero-order valence-electron chi connectivity index (χ0n) is 17.9. The Morgan fingerprint density at radius 2 is 1.97 bits per heavy atom. The predicted octanol–water partition coefficient (Wildman–Crippen LogP) is 2.60. The Morgan fingerprint density at radius 1 is 1.24 bits per heavy atom. The van der Waals surface area contributed by atoms with E-state index >= 15 is 0 Å². The third kappa shape index (κ3) is 4.18. The van der Waals surface area contributed by atoms with Crippen molar-refractivity contribution in [1.29, 1.82) is 5.26 Å². The molecule has 0 aromatic carbocycles. The number of aromatic nitrogens is 1. The maximum atomic E-state index is 13.2. The van der Waals surface area contributed by atoms with Crippen LogP contribution in [-0.2, 0) is 11.8 Å². The lowest BCUT2D eigenvalue weighted by molar-refractivity contribution is -0.137. The quantitative estimate of drug-likeness (QED) is 0.825. The fraction of sp³-hybridized carbons (Fsp3) is 0.682. The summed E-state index contributed by atoms with van der Waals surface area (Å²) in [4.78, 5) is 29.2. The predicted molar refractivity (Wildman–Crippen MR) is 111 cm³/mol. The summed E-state index contributed by atoms with van der Waals surface area (Å²) in [7, 11) is 5.34. The lowest BCUT2D eigenvalue weighted by atomic mass is 9.81. The maximum Gasteiger partial charge on any atom is 0.267 e. The minimum atomic E-state index is -0.655. The van der Waals surface area contributed by atoms with Crippen LogP contribution in [0.2, 0.25) is 0 Å². The second kappa shape index (κ2) is 9.00. The van der Waals surface area contributed by atoms with Crippen molar-refractivity contribution in [2.24, 2.45) is 7.05 Å². The number of rotatable bonds is 5. The van der Waals surface area contributed by atoms with Crippen molar-refractivity contribution < 1.29 is 9.59 Å². The number of likely N-dealkylation sites (tertiary alicyclic amines) is 1. The molecule has 1 aliphatic heterocycles. The Hall–Kier alpha value is -2.33. The molecule has 1 aromatic rings. The van der Waals surface area contributed by atoms with E-state index in [-0.39, 0.29) is 17.9 Å². The van der Waals surface area contributed by atoms with Gasteiger partial charge in [0.2, 0.25) is 5.91 Å². The molecule has 2 amide bonds. The molecule has 7 nitrogen and oxygen atoms in total. The summed E-state index contributed by atoms with van der Waals surface area (Å²) in [5.74, 6) is -0.0914. The van der Waals surface area contributed by atoms with Gasteiger partial charge in [-0.05, 0) is 44.4 Å². The fourth-order valence-corrected chi connectivity index (χ4v) is 4.91. The largest absolute Gasteiger partial charge is 0.354 e. The molecule has 3 rings (SSSR count). The molecule has 1 saturated carbocycles. The van der Waals surface area contributed by atoms with E-state index in [1.165, 1.54) is 0 Å². The third-order valence-electron chi connectivity index (χ3n) is 6.82. The molecule has 2 heterocycles. The second-order valence-electron chi connectivity index (χ2n) is 8.42. The highest BCUT2D eigenvalue weighted by molar-refractivity contribution is 5.92. The van der Waals surface area contributed by atoms with Crippen molar-refractivity contribution in [2.45, 2.75) is 62.9 Å². The van der Waals surface area contributed by atoms with E-state index in [1.807, 2.05) is 23.7 Å². The van der Waals surface area contributed by atoms with Crippen LogP contribution >= 0.6 is 0 Å². The number of carbonyl (C=O) groups excluding carboxylic acids is 2. The standard InChI is InChI=1S/C22H33N5O2/c1-24-21(29)19-11-10-17(25(19)2)18-9-5-8-14-27(18)15-20(28)26(3)22(16-23)12-6-4-7-13-22/h10-11,18H,4-9,12-15H2,1-3H3,(H,24,29). The smallest absolute Gasteiger partial charge is 0.267 e. The zero-order valence-corrected chi connectivity index (χ0v) is 17.9. The monoisotopic (exact) mass is 399 g/mol. The number of carbonyl (C=O) groups is 2. The minimum absolute atomic E-state index is 0.0149. The summed E-state index contributed by atoms with van der Waals surface area (Å²) in [6, 6.07) is 6.40. The van der Waals surface area contributed by atoms with Gasteiger partial charge in [-0.3, -0.25) is 14.5 Å². The van der Waals surface area contributed by atoms with Gasteiger partial charge in [-0.1, -0.05) is 25.7 Å². The summed E-state index contributed by atoms with van der Waals surface area (Å²) in [5, 5.41) is 12.5. The molecule has 1 N–H and O–H groups in total. The van der Waals surface area contributed by atoms with Crippen molar-refractivity contribution in [3.8, 4) is 6.07 Å². The van der Waals surface area contributed by atoms with Crippen molar-refractivity contribution in [3.05, 3.63) is 23.5 Å². The molecule has 0 bridgehead atoms. The van der Waals surface area contributed by atoms with E-state index in [1.54, 1.807) is 19.0 Å². The van der Waals surface area contributed by atoms with Crippen molar-refractivity contribution >= 4 is 11.8 Å². The maximum absolute atomic E-state index is 13.2. The van der Waals surface area contributed by atoms with Gasteiger partial charge >= 0.3 is 0 Å². The molecular formula is C22H33N5O2. The highest BCUT2D eigenvalue weighted by Gasteiger charge is 2.40. The first-order valence-electron chi connectivity index (χ1n) is 10.7. The van der Waals surface area contributed by atoms with Crippen LogP contribution in [0.15, 0.2) is 12.1 Å². The van der Waals surface area contributed by atoms with Gasteiger partial charge in [-0.2, -0.15) is 5.26 Å². The summed E-state index contributed by atoms with van der Waals surface area (Å²) < 4.78 is 1.94. The number of likely N-dealkylation sites (N-methyl/N-ethyl adjacent to an activating group) is 1.